The standard InChI is InChI=1S/C15H19NOS/c1-4-15(3,5-2)16-14(17)13-10-11-8-6-7-9-12(11)18-13/h6-10H,4-5H2,1-3H3,(H,16,17). The second kappa shape index (κ2) is 5.11. The first-order valence-electron chi connectivity index (χ1n) is 6.39. The molecule has 3 heteroatoms. The van der Waals surface area contributed by atoms with Crippen molar-refractivity contribution in [1.29, 1.82) is 0 Å². The Labute approximate surface area is 112 Å². The van der Waals surface area contributed by atoms with Crippen molar-refractivity contribution in [2.45, 2.75) is 39.2 Å². The lowest BCUT2D eigenvalue weighted by atomic mass is 9.95. The van der Waals surface area contributed by atoms with Crippen LogP contribution in [-0.2, 0) is 0 Å². The normalized spacial score (nSPS) is 11.7. The lowest BCUT2D eigenvalue weighted by molar-refractivity contribution is 0.0905. The average molecular weight is 261 g/mol. The highest BCUT2D eigenvalue weighted by Gasteiger charge is 2.23. The summed E-state index contributed by atoms with van der Waals surface area (Å²) in [6, 6.07) is 10.1. The van der Waals surface area contributed by atoms with Crippen molar-refractivity contribution in [1.82, 2.24) is 5.32 Å². The van der Waals surface area contributed by atoms with Crippen LogP contribution in [0, 0.1) is 0 Å². The highest BCUT2D eigenvalue weighted by Crippen LogP contribution is 2.26. The molecule has 0 bridgehead atoms. The van der Waals surface area contributed by atoms with Crippen LogP contribution in [-0.4, -0.2) is 11.4 Å². The van der Waals surface area contributed by atoms with Crippen LogP contribution in [0.4, 0.5) is 0 Å². The predicted molar refractivity (Wildman–Crippen MR) is 78.3 cm³/mol. The number of hydrogen-bond donors (Lipinski definition) is 1. The minimum atomic E-state index is -0.104. The van der Waals surface area contributed by atoms with E-state index in [-0.39, 0.29) is 11.4 Å². The summed E-state index contributed by atoms with van der Waals surface area (Å²) in [5.41, 5.74) is -0.104. The van der Waals surface area contributed by atoms with Crippen LogP contribution in [0.25, 0.3) is 10.1 Å². The minimum absolute atomic E-state index is 0.0439. The molecule has 1 amide bonds. The average Bonchev–Trinajstić information content (AvgIpc) is 2.82. The number of carbonyl (C=O) groups is 1. The molecule has 0 fully saturated rings. The zero-order valence-electron chi connectivity index (χ0n) is 11.1. The van der Waals surface area contributed by atoms with Gasteiger partial charge in [0.05, 0.1) is 4.88 Å². The first-order chi connectivity index (χ1) is 8.58. The Morgan fingerprint density at radius 3 is 2.56 bits per heavy atom. The van der Waals surface area contributed by atoms with Gasteiger partial charge >= 0.3 is 0 Å². The molecule has 0 aliphatic rings. The number of amides is 1. The van der Waals surface area contributed by atoms with Gasteiger partial charge in [-0.2, -0.15) is 0 Å². The van der Waals surface area contributed by atoms with Gasteiger partial charge in [-0.05, 0) is 37.3 Å². The molecule has 0 aliphatic heterocycles. The van der Waals surface area contributed by atoms with Gasteiger partial charge in [0, 0.05) is 10.2 Å². The van der Waals surface area contributed by atoms with Crippen LogP contribution in [0.3, 0.4) is 0 Å². The fourth-order valence-corrected chi connectivity index (χ4v) is 2.81. The van der Waals surface area contributed by atoms with E-state index in [1.165, 1.54) is 0 Å². The molecule has 96 valence electrons. The van der Waals surface area contributed by atoms with E-state index in [1.807, 2.05) is 24.3 Å². The van der Waals surface area contributed by atoms with Gasteiger partial charge in [-0.1, -0.05) is 32.0 Å². The van der Waals surface area contributed by atoms with Crippen LogP contribution >= 0.6 is 11.3 Å². The van der Waals surface area contributed by atoms with E-state index in [0.29, 0.717) is 0 Å². The number of rotatable bonds is 4. The van der Waals surface area contributed by atoms with E-state index in [4.69, 9.17) is 0 Å². The van der Waals surface area contributed by atoms with E-state index in [9.17, 15) is 4.79 Å². The Balaban J connectivity index is 2.23. The molecule has 2 nitrogen and oxygen atoms in total. The molecule has 1 heterocycles. The highest BCUT2D eigenvalue weighted by molar-refractivity contribution is 7.20. The van der Waals surface area contributed by atoms with E-state index >= 15 is 0 Å². The van der Waals surface area contributed by atoms with Gasteiger partial charge in [-0.3, -0.25) is 4.79 Å². The van der Waals surface area contributed by atoms with Crippen LogP contribution in [0.15, 0.2) is 30.3 Å². The zero-order valence-corrected chi connectivity index (χ0v) is 11.9. The molecule has 1 aromatic carbocycles. The van der Waals surface area contributed by atoms with Crippen molar-refractivity contribution in [2.24, 2.45) is 0 Å². The van der Waals surface area contributed by atoms with Gasteiger partial charge in [-0.25, -0.2) is 0 Å². The number of fused-ring (bicyclic) bond motifs is 1. The first-order valence-corrected chi connectivity index (χ1v) is 7.20. The number of benzene rings is 1. The van der Waals surface area contributed by atoms with Crippen LogP contribution < -0.4 is 5.32 Å². The Bertz CT molecular complexity index is 521. The molecule has 1 N–H and O–H groups in total. The molecule has 0 spiro atoms. The minimum Gasteiger partial charge on any atom is -0.346 e. The van der Waals surface area contributed by atoms with Crippen molar-refractivity contribution in [2.75, 3.05) is 0 Å². The molecule has 1 aromatic heterocycles. The molecule has 0 radical (unpaired) electrons. The van der Waals surface area contributed by atoms with E-state index < -0.39 is 0 Å². The molecule has 0 atom stereocenters. The van der Waals surface area contributed by atoms with Crippen molar-refractivity contribution in [3.8, 4) is 0 Å². The fraction of sp³-hybridized carbons (Fsp3) is 0.400. The molecular formula is C15H19NOS. The van der Waals surface area contributed by atoms with E-state index in [1.54, 1.807) is 11.3 Å². The highest BCUT2D eigenvalue weighted by atomic mass is 32.1. The predicted octanol–water partition coefficient (Wildman–Crippen LogP) is 4.21. The molecule has 0 saturated heterocycles. The van der Waals surface area contributed by atoms with Crippen molar-refractivity contribution < 1.29 is 4.79 Å². The molecule has 2 rings (SSSR count). The Morgan fingerprint density at radius 1 is 1.28 bits per heavy atom. The van der Waals surface area contributed by atoms with Crippen LogP contribution in [0.2, 0.25) is 0 Å². The lowest BCUT2D eigenvalue weighted by Gasteiger charge is -2.27. The third kappa shape index (κ3) is 2.56. The largest absolute Gasteiger partial charge is 0.346 e. The van der Waals surface area contributed by atoms with Crippen molar-refractivity contribution in [3.63, 3.8) is 0 Å². The maximum absolute atomic E-state index is 12.2. The molecular weight excluding hydrogens is 242 g/mol. The molecule has 0 saturated carbocycles. The summed E-state index contributed by atoms with van der Waals surface area (Å²) in [5.74, 6) is 0.0439. The van der Waals surface area contributed by atoms with Crippen molar-refractivity contribution in [3.05, 3.63) is 35.2 Å². The van der Waals surface area contributed by atoms with Gasteiger partial charge in [0.15, 0.2) is 0 Å². The number of carbonyl (C=O) groups excluding carboxylic acids is 1. The third-order valence-electron chi connectivity index (χ3n) is 3.63. The summed E-state index contributed by atoms with van der Waals surface area (Å²) in [4.78, 5) is 13.0. The SMILES string of the molecule is CCC(C)(CC)NC(=O)c1cc2ccccc2s1. The third-order valence-corrected chi connectivity index (χ3v) is 4.74. The van der Waals surface area contributed by atoms with Gasteiger partial charge in [-0.15, -0.1) is 11.3 Å². The Hall–Kier alpha value is -1.35. The second-order valence-corrected chi connectivity index (χ2v) is 5.95. The summed E-state index contributed by atoms with van der Waals surface area (Å²) in [6.45, 7) is 6.31. The molecule has 18 heavy (non-hydrogen) atoms. The quantitative estimate of drug-likeness (QED) is 0.877. The lowest BCUT2D eigenvalue weighted by Crippen LogP contribution is -2.44. The molecule has 2 aromatic rings. The smallest absolute Gasteiger partial charge is 0.261 e. The van der Waals surface area contributed by atoms with Crippen LogP contribution in [0.5, 0.6) is 0 Å². The number of hydrogen-bond acceptors (Lipinski definition) is 2. The maximum atomic E-state index is 12.2. The van der Waals surface area contributed by atoms with E-state index in [2.05, 4.69) is 32.2 Å². The van der Waals surface area contributed by atoms with Gasteiger partial charge in [0.1, 0.15) is 0 Å². The monoisotopic (exact) mass is 261 g/mol. The Kier molecular flexibility index (Phi) is 3.71. The van der Waals surface area contributed by atoms with Crippen molar-refractivity contribution >= 4 is 27.3 Å². The zero-order chi connectivity index (χ0) is 13.2. The summed E-state index contributed by atoms with van der Waals surface area (Å²) in [6.07, 6.45) is 1.89. The van der Waals surface area contributed by atoms with Gasteiger partial charge in [0.2, 0.25) is 0 Å². The summed E-state index contributed by atoms with van der Waals surface area (Å²) in [7, 11) is 0. The van der Waals surface area contributed by atoms with E-state index in [0.717, 1.165) is 27.8 Å². The maximum Gasteiger partial charge on any atom is 0.261 e. The number of thiophene rings is 1. The topological polar surface area (TPSA) is 29.1 Å². The molecule has 0 unspecified atom stereocenters. The summed E-state index contributed by atoms with van der Waals surface area (Å²) < 4.78 is 1.16. The summed E-state index contributed by atoms with van der Waals surface area (Å²) >= 11 is 1.56. The molecule has 0 aliphatic carbocycles. The van der Waals surface area contributed by atoms with Crippen LogP contribution in [0.1, 0.15) is 43.3 Å². The Morgan fingerprint density at radius 2 is 1.94 bits per heavy atom. The van der Waals surface area contributed by atoms with Gasteiger partial charge in [0.25, 0.3) is 5.91 Å². The van der Waals surface area contributed by atoms with Gasteiger partial charge < -0.3 is 5.32 Å². The number of nitrogens with one attached hydrogen (secondary N) is 1. The fourth-order valence-electron chi connectivity index (χ4n) is 1.86. The second-order valence-electron chi connectivity index (χ2n) is 4.87. The summed E-state index contributed by atoms with van der Waals surface area (Å²) in [5, 5.41) is 4.28. The first kappa shape index (κ1) is 13.1.